The van der Waals surface area contributed by atoms with Crippen LogP contribution in [-0.4, -0.2) is 5.11 Å². The van der Waals surface area contributed by atoms with E-state index in [1.54, 1.807) is 0 Å². The zero-order valence-electron chi connectivity index (χ0n) is 6.35. The maximum Gasteiger partial charge on any atom is 0.171 e. The third kappa shape index (κ3) is 0.967. The topological polar surface area (TPSA) is 20.2 Å². The quantitative estimate of drug-likeness (QED) is 0.686. The summed E-state index contributed by atoms with van der Waals surface area (Å²) in [4.78, 5) is 0. The highest BCUT2D eigenvalue weighted by molar-refractivity contribution is 5.36. The number of aromatic hydroxyl groups is 1. The van der Waals surface area contributed by atoms with Gasteiger partial charge >= 0.3 is 0 Å². The Morgan fingerprint density at radius 2 is 2.00 bits per heavy atom. The van der Waals surface area contributed by atoms with Crippen LogP contribution in [0.3, 0.4) is 0 Å². The van der Waals surface area contributed by atoms with E-state index < -0.39 is 17.2 Å². The lowest BCUT2D eigenvalue weighted by Crippen LogP contribution is -2.00. The Morgan fingerprint density at radius 1 is 1.33 bits per heavy atom. The minimum absolute atomic E-state index is 0.0116. The van der Waals surface area contributed by atoms with E-state index in [4.69, 9.17) is 5.11 Å². The number of hydrogen-bond acceptors (Lipinski definition) is 1. The molecule has 0 radical (unpaired) electrons. The number of benzene rings is 1. The van der Waals surface area contributed by atoms with Gasteiger partial charge in [0, 0.05) is 5.56 Å². The minimum atomic E-state index is -1.51. The molecule has 12 heavy (non-hydrogen) atoms. The van der Waals surface area contributed by atoms with E-state index in [9.17, 15) is 8.78 Å². The number of rotatable bonds is 1. The Hall–Kier alpha value is -1.12. The van der Waals surface area contributed by atoms with Gasteiger partial charge in [0.15, 0.2) is 11.6 Å². The summed E-state index contributed by atoms with van der Waals surface area (Å²) in [6.07, 6.45) is 0.709. The highest BCUT2D eigenvalue weighted by Gasteiger charge is 2.47. The van der Waals surface area contributed by atoms with Crippen LogP contribution in [-0.2, 0) is 5.67 Å². The second-order valence-corrected chi connectivity index (χ2v) is 3.10. The number of halogens is 2. The zero-order valence-corrected chi connectivity index (χ0v) is 6.35. The van der Waals surface area contributed by atoms with Gasteiger partial charge in [0.05, 0.1) is 0 Å². The maximum absolute atomic E-state index is 13.3. The van der Waals surface area contributed by atoms with Crippen molar-refractivity contribution in [3.8, 4) is 5.75 Å². The lowest BCUT2D eigenvalue weighted by Gasteiger charge is -2.06. The molecule has 0 amide bonds. The largest absolute Gasteiger partial charge is 0.505 e. The van der Waals surface area contributed by atoms with Crippen LogP contribution >= 0.6 is 0 Å². The summed E-state index contributed by atoms with van der Waals surface area (Å²) in [7, 11) is 0. The van der Waals surface area contributed by atoms with Crippen molar-refractivity contribution in [2.24, 2.45) is 0 Å². The highest BCUT2D eigenvalue weighted by atomic mass is 19.2. The maximum atomic E-state index is 13.3. The minimum Gasteiger partial charge on any atom is -0.505 e. The lowest BCUT2D eigenvalue weighted by atomic mass is 10.1. The standard InChI is InChI=1S/C9H8F2O/c10-8-6(9(11)4-5-9)2-1-3-7(8)12/h1-3,12H,4-5H2. The van der Waals surface area contributed by atoms with Gasteiger partial charge in [0.2, 0.25) is 0 Å². The summed E-state index contributed by atoms with van der Waals surface area (Å²) in [5, 5.41) is 8.95. The first-order valence-corrected chi connectivity index (χ1v) is 3.80. The van der Waals surface area contributed by atoms with Crippen LogP contribution in [0, 0.1) is 5.82 Å². The van der Waals surface area contributed by atoms with Crippen molar-refractivity contribution in [1.82, 2.24) is 0 Å². The fourth-order valence-electron chi connectivity index (χ4n) is 1.24. The Morgan fingerprint density at radius 3 is 2.58 bits per heavy atom. The number of phenols is 1. The van der Waals surface area contributed by atoms with Gasteiger partial charge in [0.1, 0.15) is 5.67 Å². The fraction of sp³-hybridized carbons (Fsp3) is 0.333. The first-order valence-electron chi connectivity index (χ1n) is 3.80. The predicted molar refractivity (Wildman–Crippen MR) is 40.1 cm³/mol. The van der Waals surface area contributed by atoms with E-state index >= 15 is 0 Å². The molecule has 2 rings (SSSR count). The van der Waals surface area contributed by atoms with Gasteiger partial charge in [-0.15, -0.1) is 0 Å². The molecule has 0 aliphatic heterocycles. The Kier molecular flexibility index (Phi) is 1.37. The molecule has 64 valence electrons. The third-order valence-electron chi connectivity index (χ3n) is 2.15. The van der Waals surface area contributed by atoms with Crippen LogP contribution in [0.15, 0.2) is 18.2 Å². The summed E-state index contributed by atoms with van der Waals surface area (Å²) in [5.41, 5.74) is -1.52. The normalized spacial score (nSPS) is 19.2. The predicted octanol–water partition coefficient (Wildman–Crippen LogP) is 2.49. The molecule has 0 atom stereocenters. The second-order valence-electron chi connectivity index (χ2n) is 3.10. The summed E-state index contributed by atoms with van der Waals surface area (Å²) >= 11 is 0. The van der Waals surface area contributed by atoms with Crippen molar-refractivity contribution in [3.05, 3.63) is 29.6 Å². The van der Waals surface area contributed by atoms with Gasteiger partial charge in [-0.2, -0.15) is 0 Å². The summed E-state index contributed by atoms with van der Waals surface area (Å²) < 4.78 is 26.4. The van der Waals surface area contributed by atoms with Crippen molar-refractivity contribution in [3.63, 3.8) is 0 Å². The van der Waals surface area contributed by atoms with Gasteiger partial charge in [-0.05, 0) is 18.9 Å². The molecule has 0 bridgehead atoms. The molecule has 1 aliphatic rings. The summed E-state index contributed by atoms with van der Waals surface area (Å²) in [6.45, 7) is 0. The molecular weight excluding hydrogens is 162 g/mol. The molecule has 0 aromatic heterocycles. The molecule has 1 aromatic carbocycles. The smallest absolute Gasteiger partial charge is 0.171 e. The fourth-order valence-corrected chi connectivity index (χ4v) is 1.24. The molecule has 1 N–H and O–H groups in total. The molecule has 3 heteroatoms. The second kappa shape index (κ2) is 2.19. The summed E-state index contributed by atoms with van der Waals surface area (Å²) in [5.74, 6) is -1.30. The van der Waals surface area contributed by atoms with Crippen LogP contribution in [0.2, 0.25) is 0 Å². The van der Waals surface area contributed by atoms with Crippen LogP contribution < -0.4 is 0 Å². The van der Waals surface area contributed by atoms with Crippen molar-refractivity contribution in [2.75, 3.05) is 0 Å². The SMILES string of the molecule is Oc1cccc(C2(F)CC2)c1F. The van der Waals surface area contributed by atoms with Crippen LogP contribution in [0.4, 0.5) is 8.78 Å². The van der Waals surface area contributed by atoms with Gasteiger partial charge in [0.25, 0.3) is 0 Å². The third-order valence-corrected chi connectivity index (χ3v) is 2.15. The van der Waals surface area contributed by atoms with E-state index in [-0.39, 0.29) is 5.56 Å². The first kappa shape index (κ1) is 7.53. The van der Waals surface area contributed by atoms with E-state index in [1.165, 1.54) is 18.2 Å². The lowest BCUT2D eigenvalue weighted by molar-refractivity contribution is 0.301. The highest BCUT2D eigenvalue weighted by Crippen LogP contribution is 2.51. The van der Waals surface area contributed by atoms with Gasteiger partial charge in [-0.1, -0.05) is 12.1 Å². The average Bonchev–Trinajstić information content (AvgIpc) is 2.75. The molecule has 0 unspecified atom stereocenters. The Balaban J connectivity index is 2.51. The average molecular weight is 170 g/mol. The van der Waals surface area contributed by atoms with E-state index in [0.717, 1.165) is 0 Å². The zero-order chi connectivity index (χ0) is 8.77. The number of phenolic OH excluding ortho intramolecular Hbond substituents is 1. The van der Waals surface area contributed by atoms with Crippen molar-refractivity contribution >= 4 is 0 Å². The van der Waals surface area contributed by atoms with Crippen molar-refractivity contribution in [2.45, 2.75) is 18.5 Å². The number of hydrogen-bond donors (Lipinski definition) is 1. The Labute approximate surface area is 68.6 Å². The van der Waals surface area contributed by atoms with E-state index in [0.29, 0.717) is 12.8 Å². The molecule has 1 aromatic rings. The monoisotopic (exact) mass is 170 g/mol. The summed E-state index contributed by atoms with van der Waals surface area (Å²) in [6, 6.07) is 4.04. The van der Waals surface area contributed by atoms with Gasteiger partial charge in [-0.3, -0.25) is 0 Å². The number of alkyl halides is 1. The molecule has 1 aliphatic carbocycles. The van der Waals surface area contributed by atoms with E-state index in [1.807, 2.05) is 0 Å². The molecule has 0 saturated heterocycles. The van der Waals surface area contributed by atoms with Crippen molar-refractivity contribution in [1.29, 1.82) is 0 Å². The molecule has 0 spiro atoms. The molecule has 1 saturated carbocycles. The van der Waals surface area contributed by atoms with Crippen LogP contribution in [0.1, 0.15) is 18.4 Å². The van der Waals surface area contributed by atoms with E-state index in [2.05, 4.69) is 0 Å². The van der Waals surface area contributed by atoms with Gasteiger partial charge < -0.3 is 5.11 Å². The first-order chi connectivity index (χ1) is 5.63. The molecule has 1 fully saturated rings. The van der Waals surface area contributed by atoms with Crippen LogP contribution in [0.25, 0.3) is 0 Å². The molecular formula is C9H8F2O. The van der Waals surface area contributed by atoms with Crippen molar-refractivity contribution < 1.29 is 13.9 Å². The van der Waals surface area contributed by atoms with Gasteiger partial charge in [-0.25, -0.2) is 8.78 Å². The molecule has 1 nitrogen and oxygen atoms in total. The Bertz CT molecular complexity index is 318. The van der Waals surface area contributed by atoms with Crippen LogP contribution in [0.5, 0.6) is 5.75 Å². The molecule has 0 heterocycles.